The van der Waals surface area contributed by atoms with Crippen LogP contribution in [0.15, 0.2) is 79.0 Å². The van der Waals surface area contributed by atoms with E-state index in [0.717, 1.165) is 85.3 Å². The highest BCUT2D eigenvalue weighted by Gasteiger charge is 2.59. The molecule has 5 aliphatic rings. The van der Waals surface area contributed by atoms with E-state index in [4.69, 9.17) is 21.3 Å². The van der Waals surface area contributed by atoms with Crippen LogP contribution in [0.3, 0.4) is 0 Å². The van der Waals surface area contributed by atoms with E-state index in [2.05, 4.69) is 71.4 Å². The molecular weight excluding hydrogens is 692 g/mol. The number of aliphatic hydroxyl groups is 1. The Kier molecular flexibility index (Phi) is 9.50. The number of aliphatic carboxylic acids is 1. The number of hydrogen-bond donors (Lipinski definition) is 2. The van der Waals surface area contributed by atoms with Crippen LogP contribution >= 0.6 is 23.4 Å². The lowest BCUT2D eigenvalue weighted by Crippen LogP contribution is -2.51. The summed E-state index contributed by atoms with van der Waals surface area (Å²) >= 11 is 9.66. The van der Waals surface area contributed by atoms with Gasteiger partial charge in [-0.1, -0.05) is 60.7 Å². The summed E-state index contributed by atoms with van der Waals surface area (Å²) in [6, 6.07) is 21.2. The lowest BCUT2D eigenvalue weighted by atomic mass is 9.79. The number of hydrogen-bond acceptors (Lipinski definition) is 8. The number of halogens is 1. The van der Waals surface area contributed by atoms with E-state index in [1.807, 2.05) is 42.2 Å². The van der Waals surface area contributed by atoms with Crippen LogP contribution in [-0.4, -0.2) is 79.5 Å². The van der Waals surface area contributed by atoms with Gasteiger partial charge in [-0.05, 0) is 92.0 Å². The minimum atomic E-state index is -0.870. The van der Waals surface area contributed by atoms with Crippen molar-refractivity contribution < 1.29 is 19.7 Å². The van der Waals surface area contributed by atoms with Crippen molar-refractivity contribution in [2.45, 2.75) is 78.5 Å². The van der Waals surface area contributed by atoms with Gasteiger partial charge in [-0.25, -0.2) is 0 Å². The zero-order valence-corrected chi connectivity index (χ0v) is 31.1. The average molecular weight is 737 g/mol. The quantitative estimate of drug-likeness (QED) is 0.199. The number of rotatable bonds is 11. The van der Waals surface area contributed by atoms with E-state index in [1.54, 1.807) is 0 Å². The molecular formula is C42H45ClN4O4S. The molecule has 0 radical (unpaired) electrons. The van der Waals surface area contributed by atoms with Crippen LogP contribution in [0.4, 0.5) is 0 Å². The first-order valence-electron chi connectivity index (χ1n) is 18.5. The van der Waals surface area contributed by atoms with E-state index in [1.165, 1.54) is 0 Å². The number of allylic oxidation sites excluding steroid dienone is 3. The molecule has 0 spiro atoms. The second-order valence-electron chi connectivity index (χ2n) is 15.3. The van der Waals surface area contributed by atoms with Crippen LogP contribution < -0.4 is 4.74 Å². The number of likely N-dealkylation sites (tertiary alicyclic amines) is 2. The van der Waals surface area contributed by atoms with Gasteiger partial charge >= 0.3 is 5.97 Å². The molecule has 0 bridgehead atoms. The van der Waals surface area contributed by atoms with Gasteiger partial charge in [-0.15, -0.1) is 23.4 Å². The molecule has 2 saturated heterocycles. The standard InChI is InChI=1S/C42H45ClN4O4S/c1-40(43)35(29-6-3-2-4-7-29)8-5-17-42(40,52-41(18-19-41)38-14-9-28(23-45-38)24-46-20-16-31(48)26-46)27-51-37-13-11-33-32(34(37)22-44)10-12-36(33)47-21-15-30(25-47)39(49)50/h2-9,11,13-14,17,23,30-31,36,48H,10,12,15-16,18-21,24-27H2,1H3,(H,49,50)/t30-,31-,36-,40?,42?/m1/s1. The average Bonchev–Trinajstić information content (AvgIpc) is 3.43. The number of benzene rings is 2. The third-order valence-corrected chi connectivity index (χ3v) is 14.6. The molecule has 3 heterocycles. The maximum atomic E-state index is 11.7. The fraction of sp³-hybridized carbons (Fsp3) is 0.452. The fourth-order valence-corrected chi connectivity index (χ4v) is 11.0. The lowest BCUT2D eigenvalue weighted by Gasteiger charge is -2.47. The largest absolute Gasteiger partial charge is 0.490 e. The zero-order chi connectivity index (χ0) is 36.1. The number of pyridine rings is 1. The lowest BCUT2D eigenvalue weighted by molar-refractivity contribution is -0.141. The molecule has 0 amide bonds. The summed E-state index contributed by atoms with van der Waals surface area (Å²) in [4.78, 5) is 20.4. The number of carboxylic acids is 1. The number of alkyl halides is 1. The Hall–Kier alpha value is -3.65. The van der Waals surface area contributed by atoms with E-state index in [0.29, 0.717) is 30.8 Å². The first-order valence-corrected chi connectivity index (χ1v) is 19.7. The van der Waals surface area contributed by atoms with Crippen molar-refractivity contribution in [2.24, 2.45) is 5.92 Å². The monoisotopic (exact) mass is 736 g/mol. The summed E-state index contributed by atoms with van der Waals surface area (Å²) < 4.78 is 5.84. The molecule has 52 heavy (non-hydrogen) atoms. The summed E-state index contributed by atoms with van der Waals surface area (Å²) in [6.45, 7) is 6.00. The predicted molar refractivity (Wildman–Crippen MR) is 204 cm³/mol. The van der Waals surface area contributed by atoms with Gasteiger partial charge in [-0.3, -0.25) is 19.6 Å². The molecule has 1 aromatic heterocycles. The van der Waals surface area contributed by atoms with E-state index in [-0.39, 0.29) is 29.4 Å². The van der Waals surface area contributed by atoms with Crippen molar-refractivity contribution in [2.75, 3.05) is 32.8 Å². The minimum Gasteiger partial charge on any atom is -0.490 e. The van der Waals surface area contributed by atoms with Crippen LogP contribution in [0, 0.1) is 17.2 Å². The highest BCUT2D eigenvalue weighted by molar-refractivity contribution is 8.02. The van der Waals surface area contributed by atoms with Crippen LogP contribution in [0.25, 0.3) is 5.57 Å². The topological polar surface area (TPSA) is 110 Å². The number of aromatic nitrogens is 1. The molecule has 3 aliphatic carbocycles. The number of β-amino-alcohol motifs (C(OH)–C–C–N with tert-alkyl or cyclic N) is 1. The molecule has 8 rings (SSSR count). The molecule has 5 atom stereocenters. The molecule has 2 N–H and O–H groups in total. The van der Waals surface area contributed by atoms with Gasteiger partial charge in [0.2, 0.25) is 0 Å². The van der Waals surface area contributed by atoms with Gasteiger partial charge in [0.05, 0.1) is 37.6 Å². The molecule has 8 nitrogen and oxygen atoms in total. The number of nitrogens with zero attached hydrogens (tertiary/aromatic N) is 4. The second-order valence-corrected chi connectivity index (χ2v) is 17.8. The van der Waals surface area contributed by atoms with Crippen LogP contribution in [0.5, 0.6) is 5.75 Å². The van der Waals surface area contributed by atoms with Gasteiger partial charge in [0.15, 0.2) is 0 Å². The molecule has 3 fully saturated rings. The number of fused-ring (bicyclic) bond motifs is 1. The SMILES string of the molecule is CC1(Cl)C(c2ccccc2)=CC=CC1(COc1ccc2c(c1C#N)CC[C@H]2N1CC[C@@H](C(=O)O)C1)SC1(c2ccc(CN3CC[C@@H](O)C3)cn2)CC1. The normalized spacial score (nSPS) is 29.4. The Bertz CT molecular complexity index is 1940. The van der Waals surface area contributed by atoms with Crippen molar-refractivity contribution in [1.29, 1.82) is 5.26 Å². The molecule has 2 unspecified atom stereocenters. The smallest absolute Gasteiger partial charge is 0.307 e. The molecule has 270 valence electrons. The van der Waals surface area contributed by atoms with Gasteiger partial charge in [0.25, 0.3) is 0 Å². The van der Waals surface area contributed by atoms with Crippen LogP contribution in [-0.2, 0) is 22.5 Å². The Labute approximate surface area is 315 Å². The van der Waals surface area contributed by atoms with E-state index in [9.17, 15) is 20.3 Å². The van der Waals surface area contributed by atoms with Crippen molar-refractivity contribution in [1.82, 2.24) is 14.8 Å². The summed E-state index contributed by atoms with van der Waals surface area (Å²) in [5.41, 5.74) is 6.93. The number of carbonyl (C=O) groups is 1. The Balaban J connectivity index is 1.08. The van der Waals surface area contributed by atoms with Crippen molar-refractivity contribution in [3.8, 4) is 11.8 Å². The van der Waals surface area contributed by atoms with Gasteiger partial charge in [-0.2, -0.15) is 5.26 Å². The van der Waals surface area contributed by atoms with Crippen molar-refractivity contribution in [3.05, 3.63) is 113 Å². The molecule has 3 aromatic rings. The molecule has 10 heteroatoms. The summed E-state index contributed by atoms with van der Waals surface area (Å²) in [5, 5.41) is 30.1. The number of ether oxygens (including phenoxy) is 1. The van der Waals surface area contributed by atoms with Crippen LogP contribution in [0.2, 0.25) is 0 Å². The molecule has 2 aromatic carbocycles. The van der Waals surface area contributed by atoms with Gasteiger partial charge in [0, 0.05) is 38.4 Å². The first kappa shape index (κ1) is 35.4. The maximum Gasteiger partial charge on any atom is 0.307 e. The number of nitriles is 1. The molecule has 2 aliphatic heterocycles. The second kappa shape index (κ2) is 14.0. The highest BCUT2D eigenvalue weighted by atomic mass is 35.5. The van der Waals surface area contributed by atoms with Crippen molar-refractivity contribution in [3.63, 3.8) is 0 Å². The minimum absolute atomic E-state index is 0.115. The zero-order valence-electron chi connectivity index (χ0n) is 29.5. The number of thioether (sulfide) groups is 1. The maximum absolute atomic E-state index is 11.7. The third kappa shape index (κ3) is 6.47. The van der Waals surface area contributed by atoms with Crippen LogP contribution in [0.1, 0.15) is 78.6 Å². The first-order chi connectivity index (χ1) is 25.1. The Morgan fingerprint density at radius 2 is 1.92 bits per heavy atom. The number of aliphatic hydroxyl groups excluding tert-OH is 1. The third-order valence-electron chi connectivity index (χ3n) is 11.9. The fourth-order valence-electron chi connectivity index (χ4n) is 8.78. The van der Waals surface area contributed by atoms with Gasteiger partial charge < -0.3 is 14.9 Å². The summed E-state index contributed by atoms with van der Waals surface area (Å²) in [6.07, 6.45) is 13.1. The summed E-state index contributed by atoms with van der Waals surface area (Å²) in [5.74, 6) is -0.517. The highest BCUT2D eigenvalue weighted by Crippen LogP contribution is 2.65. The van der Waals surface area contributed by atoms with Crippen molar-refractivity contribution >= 4 is 34.9 Å². The summed E-state index contributed by atoms with van der Waals surface area (Å²) in [7, 11) is 0. The predicted octanol–water partition coefficient (Wildman–Crippen LogP) is 7.10. The van der Waals surface area contributed by atoms with E-state index >= 15 is 0 Å². The number of carboxylic acid groups (broad SMARTS) is 1. The Morgan fingerprint density at radius 1 is 1.10 bits per heavy atom. The van der Waals surface area contributed by atoms with Gasteiger partial charge in [0.1, 0.15) is 18.4 Å². The molecule has 1 saturated carbocycles. The van der Waals surface area contributed by atoms with E-state index < -0.39 is 15.6 Å². The Morgan fingerprint density at radius 3 is 2.60 bits per heavy atom.